The Kier molecular flexibility index (Phi) is 2.40. The average molecular weight is 184 g/mol. The van der Waals surface area contributed by atoms with Gasteiger partial charge in [0.15, 0.2) is 0 Å². The van der Waals surface area contributed by atoms with Crippen molar-refractivity contribution < 1.29 is 9.53 Å². The fraction of sp³-hybridized carbons (Fsp3) is 0.889. The van der Waals surface area contributed by atoms with Crippen molar-refractivity contribution in [2.24, 2.45) is 0 Å². The number of nitrogens with one attached hydrogen (secondary N) is 1. The van der Waals surface area contributed by atoms with Crippen molar-refractivity contribution in [1.82, 2.24) is 10.2 Å². The third-order valence-electron chi connectivity index (χ3n) is 2.79. The van der Waals surface area contributed by atoms with E-state index in [-0.39, 0.29) is 6.03 Å². The van der Waals surface area contributed by atoms with Crippen LogP contribution in [0.15, 0.2) is 0 Å². The monoisotopic (exact) mass is 184 g/mol. The van der Waals surface area contributed by atoms with Crippen LogP contribution in [0.25, 0.3) is 0 Å². The van der Waals surface area contributed by atoms with Crippen molar-refractivity contribution >= 4 is 6.03 Å². The van der Waals surface area contributed by atoms with Gasteiger partial charge >= 0.3 is 6.03 Å². The normalized spacial score (nSPS) is 34.8. The summed E-state index contributed by atoms with van der Waals surface area (Å²) >= 11 is 0. The van der Waals surface area contributed by atoms with E-state index in [1.54, 1.807) is 0 Å². The van der Waals surface area contributed by atoms with E-state index in [0.717, 1.165) is 32.5 Å². The van der Waals surface area contributed by atoms with Crippen LogP contribution in [0.2, 0.25) is 0 Å². The van der Waals surface area contributed by atoms with Gasteiger partial charge < -0.3 is 15.0 Å². The maximum absolute atomic E-state index is 11.4. The number of carbonyl (C=O) groups excluding carboxylic acids is 1. The van der Waals surface area contributed by atoms with E-state index in [9.17, 15) is 4.79 Å². The van der Waals surface area contributed by atoms with E-state index < -0.39 is 0 Å². The molecule has 0 aliphatic carbocycles. The third kappa shape index (κ3) is 1.77. The number of amides is 2. The Morgan fingerprint density at radius 1 is 1.62 bits per heavy atom. The number of hydrogen-bond donors (Lipinski definition) is 1. The summed E-state index contributed by atoms with van der Waals surface area (Å²) < 4.78 is 5.44. The second kappa shape index (κ2) is 3.54. The minimum absolute atomic E-state index is 0.0964. The van der Waals surface area contributed by atoms with Crippen LogP contribution < -0.4 is 5.32 Å². The molecule has 2 rings (SSSR count). The van der Waals surface area contributed by atoms with Crippen molar-refractivity contribution in [2.75, 3.05) is 19.7 Å². The fourth-order valence-corrected chi connectivity index (χ4v) is 2.09. The van der Waals surface area contributed by atoms with E-state index >= 15 is 0 Å². The van der Waals surface area contributed by atoms with Crippen LogP contribution >= 0.6 is 0 Å². The van der Waals surface area contributed by atoms with Crippen molar-refractivity contribution in [1.29, 1.82) is 0 Å². The third-order valence-corrected chi connectivity index (χ3v) is 2.79. The molecule has 4 heteroatoms. The molecule has 2 unspecified atom stereocenters. The molecule has 0 spiro atoms. The summed E-state index contributed by atoms with van der Waals surface area (Å²) in [6, 6.07) is 0.491. The van der Waals surface area contributed by atoms with Crippen molar-refractivity contribution in [3.05, 3.63) is 0 Å². The first-order chi connectivity index (χ1) is 6.27. The summed E-state index contributed by atoms with van der Waals surface area (Å²) in [6.07, 6.45) is 2.26. The van der Waals surface area contributed by atoms with Gasteiger partial charge in [0.25, 0.3) is 0 Å². The summed E-state index contributed by atoms with van der Waals surface area (Å²) in [5.74, 6) is 0. The van der Waals surface area contributed by atoms with Gasteiger partial charge in [-0.25, -0.2) is 4.79 Å². The summed E-state index contributed by atoms with van der Waals surface area (Å²) in [6.45, 7) is 4.51. The van der Waals surface area contributed by atoms with Crippen LogP contribution in [0, 0.1) is 0 Å². The van der Waals surface area contributed by atoms with Crippen molar-refractivity contribution in [3.8, 4) is 0 Å². The summed E-state index contributed by atoms with van der Waals surface area (Å²) in [4.78, 5) is 13.3. The lowest BCUT2D eigenvalue weighted by Crippen LogP contribution is -2.43. The van der Waals surface area contributed by atoms with Gasteiger partial charge in [0.2, 0.25) is 0 Å². The molecule has 74 valence electrons. The molecule has 0 aromatic heterocycles. The van der Waals surface area contributed by atoms with Gasteiger partial charge in [-0.05, 0) is 19.8 Å². The Labute approximate surface area is 78.2 Å². The molecule has 2 saturated heterocycles. The number of urea groups is 1. The minimum Gasteiger partial charge on any atom is -0.378 e. The lowest BCUT2D eigenvalue weighted by Gasteiger charge is -2.33. The van der Waals surface area contributed by atoms with Gasteiger partial charge in [0.05, 0.1) is 6.10 Å². The highest BCUT2D eigenvalue weighted by Gasteiger charge is 2.30. The molecule has 4 nitrogen and oxygen atoms in total. The van der Waals surface area contributed by atoms with Gasteiger partial charge in [-0.3, -0.25) is 0 Å². The molecule has 2 atom stereocenters. The van der Waals surface area contributed by atoms with E-state index in [1.807, 2.05) is 4.90 Å². The zero-order valence-corrected chi connectivity index (χ0v) is 7.95. The van der Waals surface area contributed by atoms with Crippen LogP contribution in [0.3, 0.4) is 0 Å². The molecule has 0 aromatic carbocycles. The van der Waals surface area contributed by atoms with Crippen molar-refractivity contribution in [3.63, 3.8) is 0 Å². The molecule has 2 amide bonds. The van der Waals surface area contributed by atoms with E-state index in [1.165, 1.54) is 0 Å². The largest absolute Gasteiger partial charge is 0.378 e. The Hall–Kier alpha value is -0.770. The van der Waals surface area contributed by atoms with Crippen LogP contribution in [-0.4, -0.2) is 42.8 Å². The molecule has 2 aliphatic rings. The predicted octanol–water partition coefficient (Wildman–Crippen LogP) is 0.579. The molecule has 2 heterocycles. The zero-order valence-electron chi connectivity index (χ0n) is 7.95. The smallest absolute Gasteiger partial charge is 0.317 e. The van der Waals surface area contributed by atoms with Crippen LogP contribution in [-0.2, 0) is 4.74 Å². The molecular weight excluding hydrogens is 168 g/mol. The molecule has 1 N–H and O–H groups in total. The summed E-state index contributed by atoms with van der Waals surface area (Å²) in [5, 5.41) is 2.83. The lowest BCUT2D eigenvalue weighted by molar-refractivity contribution is -0.00477. The second-order valence-corrected chi connectivity index (χ2v) is 3.78. The Morgan fingerprint density at radius 3 is 3.08 bits per heavy atom. The van der Waals surface area contributed by atoms with Gasteiger partial charge in [-0.2, -0.15) is 0 Å². The SMILES string of the molecule is CC1CC(N2CCNC2=O)CCO1. The minimum atomic E-state index is 0.0964. The lowest BCUT2D eigenvalue weighted by atomic mass is 10.0. The molecule has 0 bridgehead atoms. The molecular formula is C9H16N2O2. The second-order valence-electron chi connectivity index (χ2n) is 3.78. The van der Waals surface area contributed by atoms with Crippen LogP contribution in [0.1, 0.15) is 19.8 Å². The van der Waals surface area contributed by atoms with Crippen molar-refractivity contribution in [2.45, 2.75) is 31.9 Å². The Bertz CT molecular complexity index is 208. The number of nitrogens with zero attached hydrogens (tertiary/aromatic N) is 1. The number of rotatable bonds is 1. The van der Waals surface area contributed by atoms with Crippen LogP contribution in [0.5, 0.6) is 0 Å². The molecule has 0 aromatic rings. The highest BCUT2D eigenvalue weighted by Crippen LogP contribution is 2.20. The number of hydrogen-bond acceptors (Lipinski definition) is 2. The Balaban J connectivity index is 1.95. The van der Waals surface area contributed by atoms with Crippen LogP contribution in [0.4, 0.5) is 4.79 Å². The fourth-order valence-electron chi connectivity index (χ4n) is 2.09. The van der Waals surface area contributed by atoms with Gasteiger partial charge in [0.1, 0.15) is 0 Å². The molecule has 0 radical (unpaired) electrons. The summed E-state index contributed by atoms with van der Waals surface area (Å²) in [7, 11) is 0. The van der Waals surface area contributed by atoms with Gasteiger partial charge in [0, 0.05) is 25.7 Å². The van der Waals surface area contributed by atoms with E-state index in [2.05, 4.69) is 12.2 Å². The topological polar surface area (TPSA) is 41.6 Å². The first-order valence-electron chi connectivity index (χ1n) is 4.93. The maximum Gasteiger partial charge on any atom is 0.317 e. The molecule has 13 heavy (non-hydrogen) atoms. The average Bonchev–Trinajstić information content (AvgIpc) is 2.51. The molecule has 2 fully saturated rings. The molecule has 2 aliphatic heterocycles. The van der Waals surface area contributed by atoms with Gasteiger partial charge in [-0.15, -0.1) is 0 Å². The maximum atomic E-state index is 11.4. The number of carbonyl (C=O) groups is 1. The number of ether oxygens (including phenoxy) is 1. The quantitative estimate of drug-likeness (QED) is 0.647. The predicted molar refractivity (Wildman–Crippen MR) is 48.5 cm³/mol. The van der Waals surface area contributed by atoms with E-state index in [4.69, 9.17) is 4.74 Å². The first-order valence-corrected chi connectivity index (χ1v) is 4.93. The standard InChI is InChI=1S/C9H16N2O2/c1-7-6-8(2-5-13-7)11-4-3-10-9(11)12/h7-8H,2-6H2,1H3,(H,10,12). The zero-order chi connectivity index (χ0) is 9.26. The highest BCUT2D eigenvalue weighted by molar-refractivity contribution is 5.76. The molecule has 0 saturated carbocycles. The Morgan fingerprint density at radius 2 is 2.46 bits per heavy atom. The van der Waals surface area contributed by atoms with E-state index in [0.29, 0.717) is 12.1 Å². The first kappa shape index (κ1) is 8.81. The van der Waals surface area contributed by atoms with Gasteiger partial charge in [-0.1, -0.05) is 0 Å². The highest BCUT2D eigenvalue weighted by atomic mass is 16.5. The summed E-state index contributed by atoms with van der Waals surface area (Å²) in [5.41, 5.74) is 0.